The minimum atomic E-state index is 0.698. The van der Waals surface area contributed by atoms with E-state index in [0.29, 0.717) is 6.61 Å². The Hall–Kier alpha value is -1.83. The van der Waals surface area contributed by atoms with Crippen LogP contribution in [0.15, 0.2) is 42.6 Å². The zero-order chi connectivity index (χ0) is 13.5. The van der Waals surface area contributed by atoms with Crippen molar-refractivity contribution in [3.05, 3.63) is 48.2 Å². The van der Waals surface area contributed by atoms with Gasteiger partial charge in [0.2, 0.25) is 0 Å². The van der Waals surface area contributed by atoms with Gasteiger partial charge in [-0.25, -0.2) is 0 Å². The van der Waals surface area contributed by atoms with Crippen LogP contribution in [0.2, 0.25) is 0 Å². The Morgan fingerprint density at radius 3 is 2.37 bits per heavy atom. The SMILES string of the molecule is CCCCc1ccc(-c2ccc(OCC)cc2)nc1. The van der Waals surface area contributed by atoms with E-state index in [4.69, 9.17) is 4.74 Å². The van der Waals surface area contributed by atoms with Crippen LogP contribution < -0.4 is 4.74 Å². The van der Waals surface area contributed by atoms with E-state index in [0.717, 1.165) is 23.4 Å². The summed E-state index contributed by atoms with van der Waals surface area (Å²) < 4.78 is 5.44. The molecule has 0 fully saturated rings. The number of nitrogens with zero attached hydrogens (tertiary/aromatic N) is 1. The molecule has 2 heteroatoms. The first-order valence-corrected chi connectivity index (χ1v) is 7.01. The maximum atomic E-state index is 5.44. The topological polar surface area (TPSA) is 22.1 Å². The number of pyridine rings is 1. The first-order valence-electron chi connectivity index (χ1n) is 7.01. The summed E-state index contributed by atoms with van der Waals surface area (Å²) >= 11 is 0. The minimum absolute atomic E-state index is 0.698. The third-order valence-electron chi connectivity index (χ3n) is 3.10. The quantitative estimate of drug-likeness (QED) is 0.758. The lowest BCUT2D eigenvalue weighted by atomic mass is 10.1. The number of unbranched alkanes of at least 4 members (excludes halogenated alkanes) is 1. The molecule has 1 aromatic heterocycles. The maximum absolute atomic E-state index is 5.44. The van der Waals surface area contributed by atoms with Crippen LogP contribution in [0.5, 0.6) is 5.75 Å². The Morgan fingerprint density at radius 1 is 1.00 bits per heavy atom. The lowest BCUT2D eigenvalue weighted by Crippen LogP contribution is -1.91. The fourth-order valence-corrected chi connectivity index (χ4v) is 2.01. The average Bonchev–Trinajstić information content (AvgIpc) is 2.47. The van der Waals surface area contributed by atoms with Gasteiger partial charge < -0.3 is 4.74 Å². The van der Waals surface area contributed by atoms with Crippen molar-refractivity contribution in [1.82, 2.24) is 4.98 Å². The van der Waals surface area contributed by atoms with Crippen molar-refractivity contribution in [2.24, 2.45) is 0 Å². The van der Waals surface area contributed by atoms with Crippen molar-refractivity contribution in [2.45, 2.75) is 33.1 Å². The summed E-state index contributed by atoms with van der Waals surface area (Å²) in [6.07, 6.45) is 5.55. The largest absolute Gasteiger partial charge is 0.494 e. The fourth-order valence-electron chi connectivity index (χ4n) is 2.01. The molecule has 0 N–H and O–H groups in total. The summed E-state index contributed by atoms with van der Waals surface area (Å²) in [4.78, 5) is 4.54. The van der Waals surface area contributed by atoms with Crippen LogP contribution in [-0.2, 0) is 6.42 Å². The second kappa shape index (κ2) is 6.93. The number of hydrogen-bond acceptors (Lipinski definition) is 2. The number of aryl methyl sites for hydroxylation is 1. The smallest absolute Gasteiger partial charge is 0.119 e. The van der Waals surface area contributed by atoms with Crippen molar-refractivity contribution in [3.63, 3.8) is 0 Å². The second-order valence-corrected chi connectivity index (χ2v) is 4.61. The molecule has 0 saturated heterocycles. The van der Waals surface area contributed by atoms with E-state index < -0.39 is 0 Å². The average molecular weight is 255 g/mol. The van der Waals surface area contributed by atoms with Crippen LogP contribution >= 0.6 is 0 Å². The van der Waals surface area contributed by atoms with E-state index >= 15 is 0 Å². The van der Waals surface area contributed by atoms with E-state index in [9.17, 15) is 0 Å². The van der Waals surface area contributed by atoms with Gasteiger partial charge in [0.25, 0.3) is 0 Å². The predicted molar refractivity (Wildman–Crippen MR) is 79.5 cm³/mol. The Balaban J connectivity index is 2.08. The normalized spacial score (nSPS) is 10.4. The van der Waals surface area contributed by atoms with Gasteiger partial charge in [-0.1, -0.05) is 19.4 Å². The fraction of sp³-hybridized carbons (Fsp3) is 0.353. The van der Waals surface area contributed by atoms with Gasteiger partial charge in [-0.3, -0.25) is 4.98 Å². The predicted octanol–water partition coefficient (Wildman–Crippen LogP) is 4.49. The molecular weight excluding hydrogens is 234 g/mol. The standard InChI is InChI=1S/C17H21NO/c1-3-5-6-14-7-12-17(18-13-14)15-8-10-16(11-9-15)19-4-2/h7-13H,3-6H2,1-2H3. The van der Waals surface area contributed by atoms with Crippen molar-refractivity contribution in [3.8, 4) is 17.0 Å². The zero-order valence-corrected chi connectivity index (χ0v) is 11.7. The number of aromatic nitrogens is 1. The molecule has 0 spiro atoms. The Labute approximate surface area is 115 Å². The molecule has 0 atom stereocenters. The Kier molecular flexibility index (Phi) is 4.96. The molecule has 1 heterocycles. The molecule has 19 heavy (non-hydrogen) atoms. The molecule has 0 bridgehead atoms. The van der Waals surface area contributed by atoms with Crippen molar-refractivity contribution < 1.29 is 4.74 Å². The molecule has 2 aromatic rings. The summed E-state index contributed by atoms with van der Waals surface area (Å²) in [6, 6.07) is 12.4. The number of ether oxygens (including phenoxy) is 1. The Bertz CT molecular complexity index is 488. The van der Waals surface area contributed by atoms with Gasteiger partial charge in [0.05, 0.1) is 12.3 Å². The third-order valence-corrected chi connectivity index (χ3v) is 3.10. The molecule has 1 aromatic carbocycles. The first kappa shape index (κ1) is 13.6. The van der Waals surface area contributed by atoms with Crippen molar-refractivity contribution in [1.29, 1.82) is 0 Å². The zero-order valence-electron chi connectivity index (χ0n) is 11.7. The lowest BCUT2D eigenvalue weighted by molar-refractivity contribution is 0.340. The van der Waals surface area contributed by atoms with Gasteiger partial charge in [0, 0.05) is 11.8 Å². The number of hydrogen-bond donors (Lipinski definition) is 0. The molecule has 2 nitrogen and oxygen atoms in total. The van der Waals surface area contributed by atoms with E-state index in [2.05, 4.69) is 36.2 Å². The first-order chi connectivity index (χ1) is 9.33. The van der Waals surface area contributed by atoms with Gasteiger partial charge >= 0.3 is 0 Å². The summed E-state index contributed by atoms with van der Waals surface area (Å²) in [5.41, 5.74) is 3.46. The van der Waals surface area contributed by atoms with Crippen LogP contribution in [0.25, 0.3) is 11.3 Å². The summed E-state index contributed by atoms with van der Waals surface area (Å²) in [7, 11) is 0. The monoisotopic (exact) mass is 255 g/mol. The third kappa shape index (κ3) is 3.82. The summed E-state index contributed by atoms with van der Waals surface area (Å²) in [5.74, 6) is 0.908. The van der Waals surface area contributed by atoms with Crippen LogP contribution in [0.4, 0.5) is 0 Å². The second-order valence-electron chi connectivity index (χ2n) is 4.61. The highest BCUT2D eigenvalue weighted by atomic mass is 16.5. The molecule has 0 aliphatic rings. The molecule has 100 valence electrons. The highest BCUT2D eigenvalue weighted by Gasteiger charge is 2.00. The van der Waals surface area contributed by atoms with Crippen LogP contribution in [0.1, 0.15) is 32.3 Å². The van der Waals surface area contributed by atoms with Gasteiger partial charge in [0.15, 0.2) is 0 Å². The van der Waals surface area contributed by atoms with Gasteiger partial charge in [-0.2, -0.15) is 0 Å². The Morgan fingerprint density at radius 2 is 1.79 bits per heavy atom. The van der Waals surface area contributed by atoms with Crippen LogP contribution in [0, 0.1) is 0 Å². The number of benzene rings is 1. The molecule has 0 radical (unpaired) electrons. The molecule has 0 saturated carbocycles. The van der Waals surface area contributed by atoms with Crippen molar-refractivity contribution >= 4 is 0 Å². The summed E-state index contributed by atoms with van der Waals surface area (Å²) in [5, 5.41) is 0. The molecule has 2 rings (SSSR count). The van der Waals surface area contributed by atoms with E-state index in [1.54, 1.807) is 0 Å². The molecule has 0 unspecified atom stereocenters. The van der Waals surface area contributed by atoms with Gasteiger partial charge in [-0.05, 0) is 55.7 Å². The molecular formula is C17H21NO. The number of rotatable bonds is 6. The van der Waals surface area contributed by atoms with Crippen molar-refractivity contribution in [2.75, 3.05) is 6.61 Å². The van der Waals surface area contributed by atoms with Gasteiger partial charge in [0.1, 0.15) is 5.75 Å². The maximum Gasteiger partial charge on any atom is 0.119 e. The van der Waals surface area contributed by atoms with Crippen LogP contribution in [-0.4, -0.2) is 11.6 Å². The molecule has 0 amide bonds. The summed E-state index contributed by atoms with van der Waals surface area (Å²) in [6.45, 7) is 4.90. The van der Waals surface area contributed by atoms with E-state index in [-0.39, 0.29) is 0 Å². The lowest BCUT2D eigenvalue weighted by Gasteiger charge is -2.05. The molecule has 0 aliphatic carbocycles. The highest BCUT2D eigenvalue weighted by molar-refractivity contribution is 5.60. The minimum Gasteiger partial charge on any atom is -0.494 e. The van der Waals surface area contributed by atoms with E-state index in [1.807, 2.05) is 25.3 Å². The molecule has 0 aliphatic heterocycles. The van der Waals surface area contributed by atoms with Crippen LogP contribution in [0.3, 0.4) is 0 Å². The van der Waals surface area contributed by atoms with E-state index in [1.165, 1.54) is 18.4 Å². The highest BCUT2D eigenvalue weighted by Crippen LogP contribution is 2.21. The van der Waals surface area contributed by atoms with Gasteiger partial charge in [-0.15, -0.1) is 0 Å².